The van der Waals surface area contributed by atoms with E-state index in [0.717, 1.165) is 6.42 Å². The highest BCUT2D eigenvalue weighted by molar-refractivity contribution is 7.07. The van der Waals surface area contributed by atoms with Crippen LogP contribution < -0.4 is 5.32 Å². The van der Waals surface area contributed by atoms with Crippen LogP contribution in [0.15, 0.2) is 29.5 Å². The predicted octanol–water partition coefficient (Wildman–Crippen LogP) is 2.20. The molecule has 0 saturated carbocycles. The van der Waals surface area contributed by atoms with Crippen LogP contribution in [0.5, 0.6) is 0 Å². The van der Waals surface area contributed by atoms with Gasteiger partial charge < -0.3 is 10.1 Å². The van der Waals surface area contributed by atoms with Crippen LogP contribution in [0.25, 0.3) is 0 Å². The molecule has 0 saturated heterocycles. The van der Waals surface area contributed by atoms with Crippen LogP contribution in [0, 0.1) is 0 Å². The topological polar surface area (TPSA) is 38.3 Å². The van der Waals surface area contributed by atoms with Gasteiger partial charge in [-0.25, -0.2) is 4.79 Å². The van der Waals surface area contributed by atoms with E-state index in [1.54, 1.807) is 17.4 Å². The van der Waals surface area contributed by atoms with Crippen LogP contribution in [0.3, 0.4) is 0 Å². The maximum Gasteiger partial charge on any atom is 0.407 e. The highest BCUT2D eigenvalue weighted by atomic mass is 32.1. The molecule has 1 N–H and O–H groups in total. The van der Waals surface area contributed by atoms with Gasteiger partial charge in [0.1, 0.15) is 0 Å². The predicted molar refractivity (Wildman–Crippen MR) is 57.6 cm³/mol. The minimum Gasteiger partial charge on any atom is -0.449 e. The van der Waals surface area contributed by atoms with Gasteiger partial charge in [-0.05, 0) is 22.4 Å². The second-order valence-corrected chi connectivity index (χ2v) is 3.47. The summed E-state index contributed by atoms with van der Waals surface area (Å²) in [7, 11) is 0. The number of hydrogen-bond donors (Lipinski definition) is 1. The van der Waals surface area contributed by atoms with Crippen molar-refractivity contribution in [3.8, 4) is 0 Å². The quantitative estimate of drug-likeness (QED) is 0.758. The molecule has 1 aromatic heterocycles. The monoisotopic (exact) mass is 211 g/mol. The van der Waals surface area contributed by atoms with Gasteiger partial charge in [0.05, 0.1) is 6.61 Å². The molecule has 0 aliphatic heterocycles. The number of carbonyl (C=O) groups excluding carboxylic acids is 1. The molecule has 14 heavy (non-hydrogen) atoms. The minimum absolute atomic E-state index is 0.389. The fourth-order valence-electron chi connectivity index (χ4n) is 0.903. The number of nitrogens with one attached hydrogen (secondary N) is 1. The van der Waals surface area contributed by atoms with Crippen LogP contribution in [0.4, 0.5) is 4.79 Å². The van der Waals surface area contributed by atoms with Gasteiger partial charge in [0.15, 0.2) is 0 Å². The molecule has 1 rings (SSSR count). The highest BCUT2D eigenvalue weighted by Crippen LogP contribution is 2.06. The van der Waals surface area contributed by atoms with E-state index in [2.05, 4.69) is 11.9 Å². The number of hydrogen-bond acceptors (Lipinski definition) is 3. The molecule has 0 aromatic carbocycles. The third kappa shape index (κ3) is 4.09. The molecule has 76 valence electrons. The Labute approximate surface area is 87.4 Å². The van der Waals surface area contributed by atoms with Gasteiger partial charge in [-0.3, -0.25) is 0 Å². The Balaban J connectivity index is 2.09. The molecule has 0 aliphatic carbocycles. The summed E-state index contributed by atoms with van der Waals surface area (Å²) in [5.41, 5.74) is 1.20. The Morgan fingerprint density at radius 3 is 3.21 bits per heavy atom. The molecule has 0 spiro atoms. The molecule has 1 amide bonds. The van der Waals surface area contributed by atoms with Crippen molar-refractivity contribution in [1.29, 1.82) is 0 Å². The first kappa shape index (κ1) is 10.8. The molecule has 3 nitrogen and oxygen atoms in total. The SMILES string of the molecule is C=CCNC(=O)OCCc1ccsc1. The normalized spacial score (nSPS) is 9.43. The van der Waals surface area contributed by atoms with Gasteiger partial charge >= 0.3 is 6.09 Å². The lowest BCUT2D eigenvalue weighted by Gasteiger charge is -2.03. The molecule has 0 radical (unpaired) electrons. The molecule has 4 heteroatoms. The molecule has 0 bridgehead atoms. The number of rotatable bonds is 5. The summed E-state index contributed by atoms with van der Waals surface area (Å²) in [5, 5.41) is 6.59. The zero-order valence-corrected chi connectivity index (χ0v) is 8.68. The van der Waals surface area contributed by atoms with E-state index < -0.39 is 0 Å². The number of ether oxygens (including phenoxy) is 1. The first-order valence-corrected chi connectivity index (χ1v) is 5.30. The summed E-state index contributed by atoms with van der Waals surface area (Å²) in [5.74, 6) is 0. The second kappa shape index (κ2) is 6.21. The Morgan fingerprint density at radius 1 is 1.71 bits per heavy atom. The molecule has 0 aliphatic rings. The van der Waals surface area contributed by atoms with Gasteiger partial charge in [0, 0.05) is 13.0 Å². The van der Waals surface area contributed by atoms with Crippen LogP contribution in [-0.2, 0) is 11.2 Å². The molecule has 1 heterocycles. The first-order valence-electron chi connectivity index (χ1n) is 4.35. The third-order valence-electron chi connectivity index (χ3n) is 1.59. The van der Waals surface area contributed by atoms with Gasteiger partial charge in [0.2, 0.25) is 0 Å². The average Bonchev–Trinajstić information content (AvgIpc) is 2.67. The molecule has 0 unspecified atom stereocenters. The van der Waals surface area contributed by atoms with Gasteiger partial charge in [-0.15, -0.1) is 6.58 Å². The van der Waals surface area contributed by atoms with E-state index in [1.807, 2.05) is 16.8 Å². The molecule has 0 fully saturated rings. The standard InChI is InChI=1S/C10H13NO2S/c1-2-5-11-10(12)13-6-3-9-4-7-14-8-9/h2,4,7-8H,1,3,5-6H2,(H,11,12). The summed E-state index contributed by atoms with van der Waals surface area (Å²) in [6, 6.07) is 2.02. The molecular formula is C10H13NO2S. The zero-order chi connectivity index (χ0) is 10.2. The maximum absolute atomic E-state index is 11.0. The second-order valence-electron chi connectivity index (χ2n) is 2.69. The Morgan fingerprint density at radius 2 is 2.57 bits per heavy atom. The summed E-state index contributed by atoms with van der Waals surface area (Å²) in [6.45, 7) is 4.34. The Kier molecular flexibility index (Phi) is 4.78. The lowest BCUT2D eigenvalue weighted by atomic mass is 10.3. The lowest BCUT2D eigenvalue weighted by molar-refractivity contribution is 0.148. The number of alkyl carbamates (subject to hydrolysis) is 1. The van der Waals surface area contributed by atoms with Crippen LogP contribution in [0.1, 0.15) is 5.56 Å². The maximum atomic E-state index is 11.0. The molecular weight excluding hydrogens is 198 g/mol. The van der Waals surface area contributed by atoms with E-state index in [4.69, 9.17) is 4.74 Å². The van der Waals surface area contributed by atoms with Crippen molar-refractivity contribution in [1.82, 2.24) is 5.32 Å². The van der Waals surface area contributed by atoms with Crippen molar-refractivity contribution >= 4 is 17.4 Å². The number of thiophene rings is 1. The minimum atomic E-state index is -0.389. The van der Waals surface area contributed by atoms with Crippen LogP contribution >= 0.6 is 11.3 Å². The van der Waals surface area contributed by atoms with Gasteiger partial charge in [-0.2, -0.15) is 11.3 Å². The van der Waals surface area contributed by atoms with E-state index in [-0.39, 0.29) is 6.09 Å². The molecule has 0 atom stereocenters. The van der Waals surface area contributed by atoms with Crippen molar-refractivity contribution in [3.05, 3.63) is 35.0 Å². The highest BCUT2D eigenvalue weighted by Gasteiger charge is 1.99. The Hall–Kier alpha value is -1.29. The van der Waals surface area contributed by atoms with Crippen molar-refractivity contribution in [2.24, 2.45) is 0 Å². The van der Waals surface area contributed by atoms with E-state index in [9.17, 15) is 4.79 Å². The lowest BCUT2D eigenvalue weighted by Crippen LogP contribution is -2.24. The van der Waals surface area contributed by atoms with E-state index in [1.165, 1.54) is 5.56 Å². The summed E-state index contributed by atoms with van der Waals surface area (Å²) in [4.78, 5) is 11.0. The summed E-state index contributed by atoms with van der Waals surface area (Å²) >= 11 is 1.64. The average molecular weight is 211 g/mol. The first-order chi connectivity index (χ1) is 6.83. The fraction of sp³-hybridized carbons (Fsp3) is 0.300. The summed E-state index contributed by atoms with van der Waals surface area (Å²) < 4.78 is 4.92. The molecule has 1 aromatic rings. The largest absolute Gasteiger partial charge is 0.449 e. The fourth-order valence-corrected chi connectivity index (χ4v) is 1.61. The Bertz CT molecular complexity index is 282. The van der Waals surface area contributed by atoms with Crippen LogP contribution in [0.2, 0.25) is 0 Å². The van der Waals surface area contributed by atoms with Gasteiger partial charge in [0.25, 0.3) is 0 Å². The van der Waals surface area contributed by atoms with Crippen molar-refractivity contribution in [2.45, 2.75) is 6.42 Å². The zero-order valence-electron chi connectivity index (χ0n) is 7.86. The van der Waals surface area contributed by atoms with Gasteiger partial charge in [-0.1, -0.05) is 6.08 Å². The third-order valence-corrected chi connectivity index (χ3v) is 2.33. The van der Waals surface area contributed by atoms with E-state index >= 15 is 0 Å². The van der Waals surface area contributed by atoms with Crippen molar-refractivity contribution in [2.75, 3.05) is 13.2 Å². The van der Waals surface area contributed by atoms with Crippen molar-refractivity contribution < 1.29 is 9.53 Å². The van der Waals surface area contributed by atoms with Crippen molar-refractivity contribution in [3.63, 3.8) is 0 Å². The number of carbonyl (C=O) groups is 1. The summed E-state index contributed by atoms with van der Waals surface area (Å²) in [6.07, 6.45) is 1.99. The number of amides is 1. The van der Waals surface area contributed by atoms with Crippen LogP contribution in [-0.4, -0.2) is 19.2 Å². The smallest absolute Gasteiger partial charge is 0.407 e. The van der Waals surface area contributed by atoms with E-state index in [0.29, 0.717) is 13.2 Å².